The molecule has 1 aliphatic carbocycles. The first-order valence-electron chi connectivity index (χ1n) is 7.25. The van der Waals surface area contributed by atoms with Gasteiger partial charge in [-0.2, -0.15) is 0 Å². The first kappa shape index (κ1) is 12.2. The smallest absolute Gasteiger partial charge is 0.228 e. The van der Waals surface area contributed by atoms with Gasteiger partial charge in [0.05, 0.1) is 11.2 Å². The van der Waals surface area contributed by atoms with Crippen molar-refractivity contribution >= 4 is 22.5 Å². The lowest BCUT2D eigenvalue weighted by atomic mass is 10.1. The van der Waals surface area contributed by atoms with Crippen molar-refractivity contribution < 1.29 is 4.79 Å². The van der Waals surface area contributed by atoms with Crippen LogP contribution in [0.15, 0.2) is 54.7 Å². The van der Waals surface area contributed by atoms with Gasteiger partial charge in [-0.15, -0.1) is 0 Å². The zero-order valence-electron chi connectivity index (χ0n) is 11.6. The van der Waals surface area contributed by atoms with Gasteiger partial charge in [-0.05, 0) is 36.1 Å². The predicted molar refractivity (Wildman–Crippen MR) is 84.3 cm³/mol. The van der Waals surface area contributed by atoms with E-state index >= 15 is 0 Å². The summed E-state index contributed by atoms with van der Waals surface area (Å²) in [5, 5.41) is 4.19. The van der Waals surface area contributed by atoms with Crippen molar-refractivity contribution in [3.05, 3.63) is 65.9 Å². The van der Waals surface area contributed by atoms with Crippen LogP contribution in [0.5, 0.6) is 0 Å². The molecule has 2 N–H and O–H groups in total. The minimum atomic E-state index is 0.0348. The fourth-order valence-corrected chi connectivity index (χ4v) is 3.17. The lowest BCUT2D eigenvalue weighted by Crippen LogP contribution is -2.23. The maximum absolute atomic E-state index is 12.5. The minimum Gasteiger partial charge on any atom is -0.359 e. The number of aromatic nitrogens is 1. The van der Waals surface area contributed by atoms with E-state index in [-0.39, 0.29) is 11.8 Å². The normalized spacial score (nSPS) is 14.3. The quantitative estimate of drug-likeness (QED) is 0.739. The van der Waals surface area contributed by atoms with Gasteiger partial charge in [-0.25, -0.2) is 0 Å². The number of H-pyrrole nitrogens is 1. The van der Waals surface area contributed by atoms with Crippen LogP contribution < -0.4 is 5.32 Å². The molecule has 2 aromatic carbocycles. The number of carbonyl (C=O) groups excluding carboxylic acids is 1. The zero-order chi connectivity index (χ0) is 14.2. The Balaban J connectivity index is 1.56. The Morgan fingerprint density at radius 3 is 2.52 bits per heavy atom. The van der Waals surface area contributed by atoms with Crippen LogP contribution >= 0.6 is 0 Å². The molecule has 0 radical (unpaired) electrons. The minimum absolute atomic E-state index is 0.0348. The Kier molecular flexibility index (Phi) is 2.78. The molecule has 1 heterocycles. The third-order valence-electron chi connectivity index (χ3n) is 4.27. The molecule has 0 saturated heterocycles. The summed E-state index contributed by atoms with van der Waals surface area (Å²) < 4.78 is 0. The van der Waals surface area contributed by atoms with E-state index in [0.717, 1.165) is 29.4 Å². The highest BCUT2D eigenvalue weighted by molar-refractivity contribution is 6.01. The van der Waals surface area contributed by atoms with Gasteiger partial charge < -0.3 is 10.3 Å². The molecular formula is C18H16N2O. The first-order valence-corrected chi connectivity index (χ1v) is 7.25. The third kappa shape index (κ3) is 2.11. The molecule has 4 rings (SSSR count). The van der Waals surface area contributed by atoms with E-state index in [1.165, 1.54) is 11.1 Å². The van der Waals surface area contributed by atoms with E-state index in [1.807, 2.05) is 42.6 Å². The number of rotatable bonds is 2. The second-order valence-electron chi connectivity index (χ2n) is 5.61. The number of fused-ring (bicyclic) bond motifs is 2. The van der Waals surface area contributed by atoms with Crippen LogP contribution in [0.4, 0.5) is 5.69 Å². The largest absolute Gasteiger partial charge is 0.359 e. The Bertz CT molecular complexity index is 794. The Morgan fingerprint density at radius 1 is 1.00 bits per heavy atom. The summed E-state index contributed by atoms with van der Waals surface area (Å²) in [6.07, 6.45) is 3.57. The van der Waals surface area contributed by atoms with Gasteiger partial charge in [-0.3, -0.25) is 4.79 Å². The average molecular weight is 276 g/mol. The highest BCUT2D eigenvalue weighted by Gasteiger charge is 2.27. The lowest BCUT2D eigenvalue weighted by molar-refractivity contribution is -0.119. The SMILES string of the molecule is O=C(Nc1cccc2cc[nH]c12)C1Cc2ccccc2C1. The van der Waals surface area contributed by atoms with E-state index in [4.69, 9.17) is 0 Å². The van der Waals surface area contributed by atoms with Crippen molar-refractivity contribution in [1.82, 2.24) is 4.98 Å². The molecule has 1 aromatic heterocycles. The molecule has 104 valence electrons. The number of hydrogen-bond donors (Lipinski definition) is 2. The van der Waals surface area contributed by atoms with Gasteiger partial charge in [0.15, 0.2) is 0 Å². The number of aromatic amines is 1. The molecule has 0 saturated carbocycles. The summed E-state index contributed by atoms with van der Waals surface area (Å²) in [5.74, 6) is 0.140. The molecule has 1 amide bonds. The van der Waals surface area contributed by atoms with E-state index in [2.05, 4.69) is 22.4 Å². The molecule has 1 aliphatic rings. The van der Waals surface area contributed by atoms with E-state index in [9.17, 15) is 4.79 Å². The van der Waals surface area contributed by atoms with Gasteiger partial charge in [0.2, 0.25) is 5.91 Å². The molecule has 3 nitrogen and oxygen atoms in total. The molecule has 0 unspecified atom stereocenters. The second kappa shape index (κ2) is 4.77. The predicted octanol–water partition coefficient (Wildman–Crippen LogP) is 3.52. The number of nitrogens with one attached hydrogen (secondary N) is 2. The molecule has 3 heteroatoms. The number of carbonyl (C=O) groups is 1. The van der Waals surface area contributed by atoms with Crippen molar-refractivity contribution in [3.8, 4) is 0 Å². The number of anilines is 1. The molecule has 3 aromatic rings. The van der Waals surface area contributed by atoms with E-state index < -0.39 is 0 Å². The van der Waals surface area contributed by atoms with Crippen LogP contribution in [0, 0.1) is 5.92 Å². The van der Waals surface area contributed by atoms with Crippen LogP contribution in [0.3, 0.4) is 0 Å². The number of para-hydroxylation sites is 1. The summed E-state index contributed by atoms with van der Waals surface area (Å²) in [6, 6.07) is 16.3. The fourth-order valence-electron chi connectivity index (χ4n) is 3.17. The molecule has 0 fully saturated rings. The average Bonchev–Trinajstić information content (AvgIpc) is 3.14. The van der Waals surface area contributed by atoms with Crippen LogP contribution in [0.25, 0.3) is 10.9 Å². The van der Waals surface area contributed by atoms with Crippen LogP contribution in [0.2, 0.25) is 0 Å². The molecular weight excluding hydrogens is 260 g/mol. The van der Waals surface area contributed by atoms with Crippen molar-refractivity contribution in [1.29, 1.82) is 0 Å². The number of benzene rings is 2. The molecule has 0 aliphatic heterocycles. The lowest BCUT2D eigenvalue weighted by Gasteiger charge is -2.11. The summed E-state index contributed by atoms with van der Waals surface area (Å²) >= 11 is 0. The molecule has 0 bridgehead atoms. The number of hydrogen-bond acceptors (Lipinski definition) is 1. The number of amides is 1. The summed E-state index contributed by atoms with van der Waals surface area (Å²) in [4.78, 5) is 15.7. The molecule has 0 spiro atoms. The monoisotopic (exact) mass is 276 g/mol. The van der Waals surface area contributed by atoms with Crippen LogP contribution in [-0.4, -0.2) is 10.9 Å². The van der Waals surface area contributed by atoms with Crippen molar-refractivity contribution in [2.75, 3.05) is 5.32 Å². The standard InChI is InChI=1S/C18H16N2O/c21-18(15-10-13-4-1-2-5-14(13)11-15)20-16-7-3-6-12-8-9-19-17(12)16/h1-9,15,19H,10-11H2,(H,20,21). The highest BCUT2D eigenvalue weighted by Crippen LogP contribution is 2.28. The zero-order valence-corrected chi connectivity index (χ0v) is 11.6. The Labute approximate surface area is 123 Å². The van der Waals surface area contributed by atoms with Crippen LogP contribution in [0.1, 0.15) is 11.1 Å². The van der Waals surface area contributed by atoms with Gasteiger partial charge in [-0.1, -0.05) is 36.4 Å². The van der Waals surface area contributed by atoms with Crippen molar-refractivity contribution in [3.63, 3.8) is 0 Å². The van der Waals surface area contributed by atoms with E-state index in [1.54, 1.807) is 0 Å². The van der Waals surface area contributed by atoms with Gasteiger partial charge in [0, 0.05) is 17.5 Å². The summed E-state index contributed by atoms with van der Waals surface area (Å²) in [7, 11) is 0. The van der Waals surface area contributed by atoms with Gasteiger partial charge in [0.25, 0.3) is 0 Å². The summed E-state index contributed by atoms with van der Waals surface area (Å²) in [6.45, 7) is 0. The van der Waals surface area contributed by atoms with Crippen molar-refractivity contribution in [2.45, 2.75) is 12.8 Å². The van der Waals surface area contributed by atoms with Gasteiger partial charge in [0.1, 0.15) is 0 Å². The molecule has 21 heavy (non-hydrogen) atoms. The maximum Gasteiger partial charge on any atom is 0.228 e. The second-order valence-corrected chi connectivity index (χ2v) is 5.61. The Hall–Kier alpha value is -2.55. The Morgan fingerprint density at radius 2 is 1.76 bits per heavy atom. The third-order valence-corrected chi connectivity index (χ3v) is 4.27. The van der Waals surface area contributed by atoms with Crippen LogP contribution in [-0.2, 0) is 17.6 Å². The first-order chi connectivity index (χ1) is 10.3. The fraction of sp³-hybridized carbons (Fsp3) is 0.167. The topological polar surface area (TPSA) is 44.9 Å². The molecule has 0 atom stereocenters. The van der Waals surface area contributed by atoms with Gasteiger partial charge >= 0.3 is 0 Å². The summed E-state index contributed by atoms with van der Waals surface area (Å²) in [5.41, 5.74) is 4.45. The maximum atomic E-state index is 12.5. The van der Waals surface area contributed by atoms with E-state index in [0.29, 0.717) is 0 Å². The highest BCUT2D eigenvalue weighted by atomic mass is 16.1. The van der Waals surface area contributed by atoms with Crippen molar-refractivity contribution in [2.24, 2.45) is 5.92 Å².